The van der Waals surface area contributed by atoms with Crippen LogP contribution in [0.1, 0.15) is 49.0 Å². The third-order valence-corrected chi connectivity index (χ3v) is 3.48. The van der Waals surface area contributed by atoms with Gasteiger partial charge in [-0.1, -0.05) is 37.5 Å². The minimum Gasteiger partial charge on any atom is -0.464 e. The van der Waals surface area contributed by atoms with Crippen LogP contribution in [0.15, 0.2) is 24.3 Å². The predicted octanol–water partition coefficient (Wildman–Crippen LogP) is 2.72. The monoisotopic (exact) mass is 336 g/mol. The first-order valence-corrected chi connectivity index (χ1v) is 8.23. The van der Waals surface area contributed by atoms with E-state index in [1.807, 2.05) is 26.0 Å². The molecule has 1 unspecified atom stereocenters. The smallest absolute Gasteiger partial charge is 0.328 e. The molecule has 0 aliphatic heterocycles. The zero-order valence-electron chi connectivity index (χ0n) is 13.8. The van der Waals surface area contributed by atoms with Gasteiger partial charge in [0.15, 0.2) is 5.11 Å². The molecule has 1 aromatic carbocycles. The third kappa shape index (κ3) is 6.78. The largest absolute Gasteiger partial charge is 0.464 e. The number of benzene rings is 1. The van der Waals surface area contributed by atoms with Crippen molar-refractivity contribution in [3.05, 3.63) is 35.4 Å². The van der Waals surface area contributed by atoms with Crippen molar-refractivity contribution in [2.45, 2.75) is 46.1 Å². The van der Waals surface area contributed by atoms with Crippen LogP contribution in [-0.2, 0) is 9.53 Å². The lowest BCUT2D eigenvalue weighted by Crippen LogP contribution is -2.48. The lowest BCUT2D eigenvalue weighted by atomic mass is 10.1. The second kappa shape index (κ2) is 9.94. The van der Waals surface area contributed by atoms with E-state index in [2.05, 4.69) is 10.6 Å². The van der Waals surface area contributed by atoms with E-state index < -0.39 is 6.04 Å². The van der Waals surface area contributed by atoms with Crippen LogP contribution in [0.3, 0.4) is 0 Å². The SMILES string of the molecule is CCCCC(NC(=S)NC(=O)c1ccc(C)cc1)C(=O)OCC. The van der Waals surface area contributed by atoms with Crippen LogP contribution in [0.2, 0.25) is 0 Å². The van der Waals surface area contributed by atoms with E-state index in [1.165, 1.54) is 0 Å². The lowest BCUT2D eigenvalue weighted by molar-refractivity contribution is -0.145. The molecule has 1 aromatic rings. The van der Waals surface area contributed by atoms with Gasteiger partial charge in [-0.3, -0.25) is 10.1 Å². The number of aryl methyl sites for hydroxylation is 1. The molecule has 0 aliphatic carbocycles. The van der Waals surface area contributed by atoms with Crippen LogP contribution < -0.4 is 10.6 Å². The molecule has 1 amide bonds. The van der Waals surface area contributed by atoms with Gasteiger partial charge in [0.25, 0.3) is 5.91 Å². The summed E-state index contributed by atoms with van der Waals surface area (Å²) in [7, 11) is 0. The highest BCUT2D eigenvalue weighted by molar-refractivity contribution is 7.80. The van der Waals surface area contributed by atoms with Gasteiger partial charge in [0.1, 0.15) is 6.04 Å². The molecule has 0 fully saturated rings. The quantitative estimate of drug-likeness (QED) is 0.592. The number of carbonyl (C=O) groups is 2. The van der Waals surface area contributed by atoms with E-state index in [0.717, 1.165) is 18.4 Å². The molecule has 23 heavy (non-hydrogen) atoms. The lowest BCUT2D eigenvalue weighted by Gasteiger charge is -2.18. The molecule has 1 atom stereocenters. The molecule has 0 heterocycles. The van der Waals surface area contributed by atoms with Gasteiger partial charge in [-0.05, 0) is 44.6 Å². The van der Waals surface area contributed by atoms with Gasteiger partial charge in [0.05, 0.1) is 6.61 Å². The van der Waals surface area contributed by atoms with Crippen molar-refractivity contribution in [3.8, 4) is 0 Å². The summed E-state index contributed by atoms with van der Waals surface area (Å²) in [5, 5.41) is 5.60. The van der Waals surface area contributed by atoms with Crippen LogP contribution in [0.5, 0.6) is 0 Å². The first-order valence-electron chi connectivity index (χ1n) is 7.83. The van der Waals surface area contributed by atoms with Crippen LogP contribution in [0.25, 0.3) is 0 Å². The van der Waals surface area contributed by atoms with Gasteiger partial charge < -0.3 is 10.1 Å². The molecular formula is C17H24N2O3S. The Morgan fingerprint density at radius 1 is 1.22 bits per heavy atom. The van der Waals surface area contributed by atoms with Gasteiger partial charge in [-0.15, -0.1) is 0 Å². The molecule has 5 nitrogen and oxygen atoms in total. The number of thiocarbonyl (C=S) groups is 1. The standard InChI is InChI=1S/C17H24N2O3S/c1-4-6-7-14(16(21)22-5-2)18-17(23)19-15(20)13-10-8-12(3)9-11-13/h8-11,14H,4-7H2,1-3H3,(H2,18,19,20,23). The maximum absolute atomic E-state index is 12.1. The second-order valence-electron chi connectivity index (χ2n) is 5.24. The van der Waals surface area contributed by atoms with Crippen LogP contribution >= 0.6 is 12.2 Å². The molecule has 0 radical (unpaired) electrons. The van der Waals surface area contributed by atoms with Crippen molar-refractivity contribution in [1.82, 2.24) is 10.6 Å². The Labute approximate surface area is 142 Å². The highest BCUT2D eigenvalue weighted by Crippen LogP contribution is 2.05. The number of amides is 1. The number of carbonyl (C=O) groups excluding carboxylic acids is 2. The average molecular weight is 336 g/mol. The van der Waals surface area contributed by atoms with Gasteiger partial charge in [0.2, 0.25) is 0 Å². The fourth-order valence-electron chi connectivity index (χ4n) is 1.97. The molecule has 126 valence electrons. The van der Waals surface area contributed by atoms with E-state index in [-0.39, 0.29) is 17.0 Å². The number of esters is 1. The fraction of sp³-hybridized carbons (Fsp3) is 0.471. The number of ether oxygens (including phenoxy) is 1. The van der Waals surface area contributed by atoms with Crippen molar-refractivity contribution in [1.29, 1.82) is 0 Å². The molecular weight excluding hydrogens is 312 g/mol. The Kier molecular flexibility index (Phi) is 8.26. The van der Waals surface area contributed by atoms with E-state index >= 15 is 0 Å². The first kappa shape index (κ1) is 19.1. The van der Waals surface area contributed by atoms with Gasteiger partial charge in [-0.25, -0.2) is 4.79 Å². The molecule has 0 saturated carbocycles. The number of rotatable bonds is 7. The highest BCUT2D eigenvalue weighted by Gasteiger charge is 2.20. The molecule has 2 N–H and O–H groups in total. The average Bonchev–Trinajstić information content (AvgIpc) is 2.52. The zero-order valence-corrected chi connectivity index (χ0v) is 14.7. The van der Waals surface area contributed by atoms with Crippen LogP contribution in [-0.4, -0.2) is 29.6 Å². The topological polar surface area (TPSA) is 67.4 Å². The van der Waals surface area contributed by atoms with Crippen molar-refractivity contribution >= 4 is 29.2 Å². The Morgan fingerprint density at radius 3 is 2.43 bits per heavy atom. The van der Waals surface area contributed by atoms with E-state index in [4.69, 9.17) is 17.0 Å². The molecule has 0 spiro atoms. The molecule has 0 saturated heterocycles. The summed E-state index contributed by atoms with van der Waals surface area (Å²) in [6.07, 6.45) is 2.43. The molecule has 0 bridgehead atoms. The van der Waals surface area contributed by atoms with Crippen LogP contribution in [0, 0.1) is 6.92 Å². The molecule has 6 heteroatoms. The summed E-state index contributed by atoms with van der Waals surface area (Å²) < 4.78 is 5.03. The minimum atomic E-state index is -0.541. The number of unbranched alkanes of at least 4 members (excludes halogenated alkanes) is 1. The Hall–Kier alpha value is -1.95. The zero-order chi connectivity index (χ0) is 17.2. The number of hydrogen-bond acceptors (Lipinski definition) is 4. The van der Waals surface area contributed by atoms with Crippen molar-refractivity contribution in [2.24, 2.45) is 0 Å². The highest BCUT2D eigenvalue weighted by atomic mass is 32.1. The summed E-state index contributed by atoms with van der Waals surface area (Å²) in [6, 6.07) is 6.63. The minimum absolute atomic E-state index is 0.129. The molecule has 0 aromatic heterocycles. The Bertz CT molecular complexity index is 543. The number of hydrogen-bond donors (Lipinski definition) is 2. The van der Waals surface area contributed by atoms with Gasteiger partial charge in [-0.2, -0.15) is 0 Å². The summed E-state index contributed by atoms with van der Waals surface area (Å²) in [6.45, 7) is 6.06. The number of nitrogens with one attached hydrogen (secondary N) is 2. The summed E-state index contributed by atoms with van der Waals surface area (Å²) in [5.41, 5.74) is 1.59. The predicted molar refractivity (Wildman–Crippen MR) is 94.3 cm³/mol. The summed E-state index contributed by atoms with van der Waals surface area (Å²) in [4.78, 5) is 24.0. The van der Waals surface area contributed by atoms with E-state index in [0.29, 0.717) is 18.6 Å². The normalized spacial score (nSPS) is 11.4. The van der Waals surface area contributed by atoms with E-state index in [1.54, 1.807) is 19.1 Å². The van der Waals surface area contributed by atoms with Crippen LogP contribution in [0.4, 0.5) is 0 Å². The Morgan fingerprint density at radius 2 is 1.87 bits per heavy atom. The maximum atomic E-state index is 12.1. The second-order valence-corrected chi connectivity index (χ2v) is 5.65. The van der Waals surface area contributed by atoms with Gasteiger partial charge in [0, 0.05) is 5.56 Å². The summed E-state index contributed by atoms with van der Waals surface area (Å²) in [5.74, 6) is -0.659. The van der Waals surface area contributed by atoms with Crippen molar-refractivity contribution < 1.29 is 14.3 Å². The fourth-order valence-corrected chi connectivity index (χ4v) is 2.21. The summed E-state index contributed by atoms with van der Waals surface area (Å²) >= 11 is 5.14. The van der Waals surface area contributed by atoms with E-state index in [9.17, 15) is 9.59 Å². The van der Waals surface area contributed by atoms with Gasteiger partial charge >= 0.3 is 5.97 Å². The van der Waals surface area contributed by atoms with Crippen molar-refractivity contribution in [3.63, 3.8) is 0 Å². The Balaban J connectivity index is 2.61. The first-order chi connectivity index (χ1) is 11.0. The maximum Gasteiger partial charge on any atom is 0.328 e. The molecule has 1 rings (SSSR count). The molecule has 0 aliphatic rings. The third-order valence-electron chi connectivity index (χ3n) is 3.26. The van der Waals surface area contributed by atoms with Crippen molar-refractivity contribution in [2.75, 3.05) is 6.61 Å².